The van der Waals surface area contributed by atoms with Crippen LogP contribution in [0.25, 0.3) is 0 Å². The lowest BCUT2D eigenvalue weighted by Crippen LogP contribution is -2.01. The molecule has 1 fully saturated rings. The van der Waals surface area contributed by atoms with Gasteiger partial charge in [-0.1, -0.05) is 76.2 Å². The van der Waals surface area contributed by atoms with Gasteiger partial charge in [-0.25, -0.2) is 0 Å². The van der Waals surface area contributed by atoms with E-state index in [1.807, 2.05) is 0 Å². The smallest absolute Gasteiger partial charge is 0.305 e. The minimum Gasteiger partial charge on any atom is -0.469 e. The number of carbonyl (C=O) groups is 1. The van der Waals surface area contributed by atoms with Crippen LogP contribution in [0.3, 0.4) is 0 Å². The number of hydrogen-bond acceptors (Lipinski definition) is 3. The summed E-state index contributed by atoms with van der Waals surface area (Å²) in [5.41, 5.74) is 0. The van der Waals surface area contributed by atoms with Gasteiger partial charge in [-0.2, -0.15) is 0 Å². The summed E-state index contributed by atoms with van der Waals surface area (Å²) in [5, 5.41) is 0. The maximum atomic E-state index is 11.0. The summed E-state index contributed by atoms with van der Waals surface area (Å²) in [7, 11) is 1.43. The number of hydrogen-bond donors (Lipinski definition) is 0. The number of esters is 1. The zero-order chi connectivity index (χ0) is 17.5. The predicted octanol–water partition coefficient (Wildman–Crippen LogP) is 5.74. The van der Waals surface area contributed by atoms with E-state index in [2.05, 4.69) is 36.0 Å². The van der Waals surface area contributed by atoms with Crippen molar-refractivity contribution in [3.63, 3.8) is 0 Å². The summed E-state index contributed by atoms with van der Waals surface area (Å²) in [5.74, 6) is -0.133. The molecule has 0 saturated carbocycles. The molecule has 1 heterocycles. The molecule has 0 unspecified atom stereocenters. The second-order valence-corrected chi connectivity index (χ2v) is 6.68. The van der Waals surface area contributed by atoms with Gasteiger partial charge in [-0.15, -0.1) is 0 Å². The van der Waals surface area contributed by atoms with Crippen LogP contribution in [0.5, 0.6) is 0 Å². The van der Waals surface area contributed by atoms with Crippen LogP contribution < -0.4 is 0 Å². The first kappa shape index (κ1) is 21.0. The SMILES string of the molecule is CCCCCCCCCC/C=C\C=C\[C@@H]1O[C@H]1CCCC(=O)OC. The molecule has 0 aliphatic carbocycles. The molecule has 0 aromatic carbocycles. The number of rotatable bonds is 15. The van der Waals surface area contributed by atoms with Gasteiger partial charge >= 0.3 is 5.97 Å². The lowest BCUT2D eigenvalue weighted by atomic mass is 10.1. The van der Waals surface area contributed by atoms with E-state index in [0.29, 0.717) is 12.5 Å². The first-order valence-corrected chi connectivity index (χ1v) is 9.83. The Kier molecular flexibility index (Phi) is 12.5. The van der Waals surface area contributed by atoms with Gasteiger partial charge in [0.2, 0.25) is 0 Å². The maximum absolute atomic E-state index is 11.0. The van der Waals surface area contributed by atoms with Gasteiger partial charge in [0.25, 0.3) is 0 Å². The normalized spacial score (nSPS) is 20.1. The highest BCUT2D eigenvalue weighted by Crippen LogP contribution is 2.28. The second-order valence-electron chi connectivity index (χ2n) is 6.68. The molecular formula is C21H36O3. The van der Waals surface area contributed by atoms with Crippen molar-refractivity contribution >= 4 is 5.97 Å². The Morgan fingerprint density at radius 1 is 1.00 bits per heavy atom. The van der Waals surface area contributed by atoms with E-state index in [9.17, 15) is 4.79 Å². The second kappa shape index (κ2) is 14.3. The van der Waals surface area contributed by atoms with Gasteiger partial charge in [0.1, 0.15) is 6.10 Å². The highest BCUT2D eigenvalue weighted by atomic mass is 16.6. The van der Waals surface area contributed by atoms with Crippen molar-refractivity contribution in [3.8, 4) is 0 Å². The molecule has 24 heavy (non-hydrogen) atoms. The lowest BCUT2D eigenvalue weighted by molar-refractivity contribution is -0.140. The van der Waals surface area contributed by atoms with Crippen LogP contribution >= 0.6 is 0 Å². The molecule has 0 aromatic rings. The van der Waals surface area contributed by atoms with Crippen LogP contribution in [-0.4, -0.2) is 25.3 Å². The van der Waals surface area contributed by atoms with Crippen molar-refractivity contribution in [1.82, 2.24) is 0 Å². The molecule has 0 N–H and O–H groups in total. The number of ether oxygens (including phenoxy) is 2. The molecule has 1 rings (SSSR count). The van der Waals surface area contributed by atoms with Crippen molar-refractivity contribution in [2.75, 3.05) is 7.11 Å². The Hall–Kier alpha value is -1.09. The fourth-order valence-electron chi connectivity index (χ4n) is 2.85. The van der Waals surface area contributed by atoms with Crippen LogP contribution in [0.4, 0.5) is 0 Å². The van der Waals surface area contributed by atoms with Crippen LogP contribution in [0, 0.1) is 0 Å². The molecule has 3 heteroatoms. The standard InChI is InChI=1S/C21H36O3/c1-3-4-5-6-7-8-9-10-11-12-13-14-16-19-20(24-19)17-15-18-21(22)23-2/h12-14,16,19-20H,3-11,15,17-18H2,1-2H3/b13-12-,16-14+/t19-,20-/m0/s1. The number of methoxy groups -OCH3 is 1. The van der Waals surface area contributed by atoms with E-state index >= 15 is 0 Å². The summed E-state index contributed by atoms with van der Waals surface area (Å²) in [6, 6.07) is 0. The van der Waals surface area contributed by atoms with Gasteiger partial charge in [0, 0.05) is 6.42 Å². The van der Waals surface area contributed by atoms with Crippen molar-refractivity contribution in [2.45, 2.75) is 96.2 Å². The van der Waals surface area contributed by atoms with Crippen LogP contribution in [0.2, 0.25) is 0 Å². The quantitative estimate of drug-likeness (QED) is 0.166. The first-order valence-electron chi connectivity index (χ1n) is 9.83. The molecule has 0 amide bonds. The zero-order valence-corrected chi connectivity index (χ0v) is 15.7. The van der Waals surface area contributed by atoms with Gasteiger partial charge < -0.3 is 9.47 Å². The molecule has 0 aromatic heterocycles. The first-order chi connectivity index (χ1) is 11.8. The third-order valence-corrected chi connectivity index (χ3v) is 4.49. The number of carbonyl (C=O) groups excluding carboxylic acids is 1. The van der Waals surface area contributed by atoms with Gasteiger partial charge in [0.05, 0.1) is 13.2 Å². The van der Waals surface area contributed by atoms with Crippen LogP contribution in [0.15, 0.2) is 24.3 Å². The molecule has 1 aliphatic heterocycles. The fourth-order valence-corrected chi connectivity index (χ4v) is 2.85. The molecule has 0 bridgehead atoms. The molecule has 1 saturated heterocycles. The fraction of sp³-hybridized carbons (Fsp3) is 0.762. The van der Waals surface area contributed by atoms with E-state index in [-0.39, 0.29) is 12.1 Å². The zero-order valence-electron chi connectivity index (χ0n) is 15.7. The lowest BCUT2D eigenvalue weighted by Gasteiger charge is -1.99. The van der Waals surface area contributed by atoms with E-state index in [4.69, 9.17) is 4.74 Å². The summed E-state index contributed by atoms with van der Waals surface area (Å²) >= 11 is 0. The topological polar surface area (TPSA) is 38.8 Å². The van der Waals surface area contributed by atoms with E-state index < -0.39 is 0 Å². The third kappa shape index (κ3) is 11.4. The molecule has 0 radical (unpaired) electrons. The Balaban J connectivity index is 1.87. The maximum Gasteiger partial charge on any atom is 0.305 e. The van der Waals surface area contributed by atoms with E-state index in [1.165, 1.54) is 64.9 Å². The largest absolute Gasteiger partial charge is 0.469 e. The Morgan fingerprint density at radius 2 is 1.71 bits per heavy atom. The number of epoxide rings is 1. The van der Waals surface area contributed by atoms with E-state index in [1.54, 1.807) is 0 Å². The highest BCUT2D eigenvalue weighted by Gasteiger charge is 2.35. The number of allylic oxidation sites excluding steroid dienone is 3. The predicted molar refractivity (Wildman–Crippen MR) is 100 cm³/mol. The Morgan fingerprint density at radius 3 is 2.42 bits per heavy atom. The summed E-state index contributed by atoms with van der Waals surface area (Å²) in [6.45, 7) is 2.27. The molecule has 138 valence electrons. The Labute approximate surface area is 148 Å². The monoisotopic (exact) mass is 336 g/mol. The molecule has 0 spiro atoms. The molecule has 3 nitrogen and oxygen atoms in total. The molecule has 2 atom stereocenters. The number of unbranched alkanes of at least 4 members (excludes halogenated alkanes) is 8. The van der Waals surface area contributed by atoms with Crippen molar-refractivity contribution in [2.24, 2.45) is 0 Å². The van der Waals surface area contributed by atoms with Crippen LogP contribution in [-0.2, 0) is 14.3 Å². The summed E-state index contributed by atoms with van der Waals surface area (Å²) in [6.07, 6.45) is 23.6. The highest BCUT2D eigenvalue weighted by molar-refractivity contribution is 5.68. The Bertz CT molecular complexity index is 373. The van der Waals surface area contributed by atoms with Gasteiger partial charge in [-0.3, -0.25) is 4.79 Å². The van der Waals surface area contributed by atoms with Crippen molar-refractivity contribution in [3.05, 3.63) is 24.3 Å². The average Bonchev–Trinajstić information content (AvgIpc) is 3.34. The van der Waals surface area contributed by atoms with E-state index in [0.717, 1.165) is 12.8 Å². The van der Waals surface area contributed by atoms with Gasteiger partial charge in [-0.05, 0) is 25.7 Å². The summed E-state index contributed by atoms with van der Waals surface area (Å²) < 4.78 is 10.2. The van der Waals surface area contributed by atoms with Gasteiger partial charge in [0.15, 0.2) is 0 Å². The third-order valence-electron chi connectivity index (χ3n) is 4.49. The van der Waals surface area contributed by atoms with Crippen molar-refractivity contribution < 1.29 is 14.3 Å². The average molecular weight is 337 g/mol. The van der Waals surface area contributed by atoms with Crippen molar-refractivity contribution in [1.29, 1.82) is 0 Å². The van der Waals surface area contributed by atoms with Crippen LogP contribution in [0.1, 0.15) is 84.0 Å². The molecular weight excluding hydrogens is 300 g/mol. The minimum absolute atomic E-state index is 0.133. The minimum atomic E-state index is -0.133. The molecule has 1 aliphatic rings. The summed E-state index contributed by atoms with van der Waals surface area (Å²) in [4.78, 5) is 11.0.